The highest BCUT2D eigenvalue weighted by Crippen LogP contribution is 2.18. The molecule has 0 aliphatic carbocycles. The predicted molar refractivity (Wildman–Crippen MR) is 65.3 cm³/mol. The van der Waals surface area contributed by atoms with Crippen molar-refractivity contribution in [1.29, 1.82) is 0 Å². The topological polar surface area (TPSA) is 63.9 Å². The SMILES string of the molecule is COC(C)CCc1nc2c(N)cccc2[nH]1. The molecule has 0 radical (unpaired) electrons. The minimum Gasteiger partial charge on any atom is -0.397 e. The lowest BCUT2D eigenvalue weighted by Gasteiger charge is -2.06. The Morgan fingerprint density at radius 1 is 1.50 bits per heavy atom. The van der Waals surface area contributed by atoms with Crippen LogP contribution in [-0.4, -0.2) is 23.2 Å². The molecule has 0 aliphatic heterocycles. The molecule has 2 aromatic rings. The number of aromatic nitrogens is 2. The van der Waals surface area contributed by atoms with Crippen LogP contribution >= 0.6 is 0 Å². The van der Waals surface area contributed by atoms with E-state index >= 15 is 0 Å². The monoisotopic (exact) mass is 219 g/mol. The molecule has 0 amide bonds. The van der Waals surface area contributed by atoms with Gasteiger partial charge in [0.15, 0.2) is 0 Å². The minimum atomic E-state index is 0.255. The summed E-state index contributed by atoms with van der Waals surface area (Å²) < 4.78 is 5.20. The first-order valence-corrected chi connectivity index (χ1v) is 5.46. The van der Waals surface area contributed by atoms with Crippen molar-refractivity contribution in [2.24, 2.45) is 0 Å². The molecular weight excluding hydrogens is 202 g/mol. The third-order valence-corrected chi connectivity index (χ3v) is 2.78. The van der Waals surface area contributed by atoms with Crippen LogP contribution in [0, 0.1) is 0 Å². The number of rotatable bonds is 4. The minimum absolute atomic E-state index is 0.255. The Morgan fingerprint density at radius 2 is 2.31 bits per heavy atom. The molecule has 0 saturated heterocycles. The van der Waals surface area contributed by atoms with Crippen LogP contribution < -0.4 is 5.73 Å². The molecule has 16 heavy (non-hydrogen) atoms. The summed E-state index contributed by atoms with van der Waals surface area (Å²) in [6.45, 7) is 2.05. The van der Waals surface area contributed by atoms with Gasteiger partial charge in [-0.2, -0.15) is 0 Å². The van der Waals surface area contributed by atoms with E-state index in [2.05, 4.69) is 16.9 Å². The second-order valence-electron chi connectivity index (χ2n) is 4.01. The lowest BCUT2D eigenvalue weighted by molar-refractivity contribution is 0.111. The highest BCUT2D eigenvalue weighted by Gasteiger charge is 2.06. The predicted octanol–water partition coefficient (Wildman–Crippen LogP) is 2.11. The number of H-pyrrole nitrogens is 1. The van der Waals surface area contributed by atoms with Gasteiger partial charge in [0.1, 0.15) is 11.3 Å². The average Bonchev–Trinajstić information content (AvgIpc) is 2.70. The van der Waals surface area contributed by atoms with Gasteiger partial charge in [-0.3, -0.25) is 0 Å². The summed E-state index contributed by atoms with van der Waals surface area (Å²) in [5.74, 6) is 0.969. The van der Waals surface area contributed by atoms with Crippen LogP contribution in [0.4, 0.5) is 5.69 Å². The zero-order chi connectivity index (χ0) is 11.5. The lowest BCUT2D eigenvalue weighted by atomic mass is 10.2. The van der Waals surface area contributed by atoms with E-state index in [0.29, 0.717) is 0 Å². The number of aryl methyl sites for hydroxylation is 1. The van der Waals surface area contributed by atoms with Gasteiger partial charge in [-0.1, -0.05) is 6.07 Å². The van der Waals surface area contributed by atoms with Crippen molar-refractivity contribution in [3.8, 4) is 0 Å². The molecule has 86 valence electrons. The van der Waals surface area contributed by atoms with Crippen LogP contribution in [0.15, 0.2) is 18.2 Å². The van der Waals surface area contributed by atoms with Gasteiger partial charge in [0.25, 0.3) is 0 Å². The van der Waals surface area contributed by atoms with Gasteiger partial charge in [0.2, 0.25) is 0 Å². The first-order chi connectivity index (χ1) is 7.70. The van der Waals surface area contributed by atoms with Crippen LogP contribution in [0.5, 0.6) is 0 Å². The molecule has 4 nitrogen and oxygen atoms in total. The van der Waals surface area contributed by atoms with Crippen molar-refractivity contribution in [2.45, 2.75) is 25.9 Å². The molecule has 2 rings (SSSR count). The summed E-state index contributed by atoms with van der Waals surface area (Å²) in [5.41, 5.74) is 8.43. The average molecular weight is 219 g/mol. The Labute approximate surface area is 94.8 Å². The molecule has 1 aromatic heterocycles. The second kappa shape index (κ2) is 4.53. The van der Waals surface area contributed by atoms with E-state index in [-0.39, 0.29) is 6.10 Å². The van der Waals surface area contributed by atoms with Crippen LogP contribution in [0.2, 0.25) is 0 Å². The fourth-order valence-corrected chi connectivity index (χ4v) is 1.68. The number of imidazole rings is 1. The summed E-state index contributed by atoms with van der Waals surface area (Å²) >= 11 is 0. The molecular formula is C12H17N3O. The Morgan fingerprint density at radius 3 is 3.00 bits per heavy atom. The van der Waals surface area contributed by atoms with Gasteiger partial charge in [-0.25, -0.2) is 4.98 Å². The van der Waals surface area contributed by atoms with Crippen molar-refractivity contribution < 1.29 is 4.74 Å². The van der Waals surface area contributed by atoms with Crippen molar-refractivity contribution in [3.05, 3.63) is 24.0 Å². The lowest BCUT2D eigenvalue weighted by Crippen LogP contribution is -2.06. The maximum absolute atomic E-state index is 5.84. The molecule has 0 aliphatic rings. The van der Waals surface area contributed by atoms with Gasteiger partial charge in [-0.05, 0) is 25.5 Å². The third-order valence-electron chi connectivity index (χ3n) is 2.78. The Hall–Kier alpha value is -1.55. The smallest absolute Gasteiger partial charge is 0.111 e. The van der Waals surface area contributed by atoms with E-state index in [1.165, 1.54) is 0 Å². The maximum atomic E-state index is 5.84. The standard InChI is InChI=1S/C12H17N3O/c1-8(16-2)6-7-11-14-10-5-3-4-9(13)12(10)15-11/h3-5,8H,6-7,13H2,1-2H3,(H,14,15). The summed E-state index contributed by atoms with van der Waals surface area (Å²) in [7, 11) is 1.72. The molecule has 0 spiro atoms. The third kappa shape index (κ3) is 2.17. The van der Waals surface area contributed by atoms with Crippen molar-refractivity contribution in [1.82, 2.24) is 9.97 Å². The van der Waals surface area contributed by atoms with Crippen LogP contribution in [0.1, 0.15) is 19.2 Å². The number of nitrogen functional groups attached to an aromatic ring is 1. The Kier molecular flexibility index (Phi) is 3.10. The highest BCUT2D eigenvalue weighted by atomic mass is 16.5. The number of methoxy groups -OCH3 is 1. The molecule has 0 saturated carbocycles. The fraction of sp³-hybridized carbons (Fsp3) is 0.417. The molecule has 1 heterocycles. The number of fused-ring (bicyclic) bond motifs is 1. The van der Waals surface area contributed by atoms with E-state index in [1.54, 1.807) is 7.11 Å². The van der Waals surface area contributed by atoms with Gasteiger partial charge in [0, 0.05) is 13.5 Å². The fourth-order valence-electron chi connectivity index (χ4n) is 1.68. The number of hydrogen-bond donors (Lipinski definition) is 2. The van der Waals surface area contributed by atoms with E-state index in [1.807, 2.05) is 18.2 Å². The summed E-state index contributed by atoms with van der Waals surface area (Å²) in [5, 5.41) is 0. The van der Waals surface area contributed by atoms with E-state index < -0.39 is 0 Å². The van der Waals surface area contributed by atoms with Gasteiger partial charge >= 0.3 is 0 Å². The van der Waals surface area contributed by atoms with Crippen LogP contribution in [-0.2, 0) is 11.2 Å². The largest absolute Gasteiger partial charge is 0.397 e. The number of nitrogens with two attached hydrogens (primary N) is 1. The van der Waals surface area contributed by atoms with Crippen molar-refractivity contribution >= 4 is 16.7 Å². The maximum Gasteiger partial charge on any atom is 0.111 e. The number of para-hydroxylation sites is 1. The number of benzene rings is 1. The number of ether oxygens (including phenoxy) is 1. The molecule has 1 unspecified atom stereocenters. The molecule has 0 fully saturated rings. The number of nitrogens with one attached hydrogen (secondary N) is 1. The Bertz CT molecular complexity index is 478. The van der Waals surface area contributed by atoms with Gasteiger partial charge in [0.05, 0.1) is 17.3 Å². The van der Waals surface area contributed by atoms with E-state index in [4.69, 9.17) is 10.5 Å². The van der Waals surface area contributed by atoms with Crippen molar-refractivity contribution in [2.75, 3.05) is 12.8 Å². The first-order valence-electron chi connectivity index (χ1n) is 5.46. The molecule has 1 atom stereocenters. The number of aromatic amines is 1. The summed E-state index contributed by atoms with van der Waals surface area (Å²) in [6, 6.07) is 5.78. The quantitative estimate of drug-likeness (QED) is 0.774. The highest BCUT2D eigenvalue weighted by molar-refractivity contribution is 5.86. The molecule has 4 heteroatoms. The van der Waals surface area contributed by atoms with Crippen molar-refractivity contribution in [3.63, 3.8) is 0 Å². The summed E-state index contributed by atoms with van der Waals surface area (Å²) in [4.78, 5) is 7.75. The van der Waals surface area contributed by atoms with Crippen LogP contribution in [0.25, 0.3) is 11.0 Å². The Balaban J connectivity index is 2.17. The molecule has 1 aromatic carbocycles. The van der Waals surface area contributed by atoms with Gasteiger partial charge in [-0.15, -0.1) is 0 Å². The van der Waals surface area contributed by atoms with E-state index in [0.717, 1.165) is 35.4 Å². The van der Waals surface area contributed by atoms with Crippen LogP contribution in [0.3, 0.4) is 0 Å². The number of anilines is 1. The molecule has 0 bridgehead atoms. The second-order valence-corrected chi connectivity index (χ2v) is 4.01. The normalized spacial score (nSPS) is 13.1. The first kappa shape index (κ1) is 11.0. The van der Waals surface area contributed by atoms with Gasteiger partial charge < -0.3 is 15.5 Å². The molecule has 3 N–H and O–H groups in total. The zero-order valence-electron chi connectivity index (χ0n) is 9.66. The number of hydrogen-bond acceptors (Lipinski definition) is 3. The zero-order valence-corrected chi connectivity index (χ0v) is 9.66. The van der Waals surface area contributed by atoms with E-state index in [9.17, 15) is 0 Å². The summed E-state index contributed by atoms with van der Waals surface area (Å²) in [6.07, 6.45) is 2.09. The number of nitrogens with zero attached hydrogens (tertiary/aromatic N) is 1.